The van der Waals surface area contributed by atoms with Crippen molar-refractivity contribution in [3.05, 3.63) is 83.4 Å². The summed E-state index contributed by atoms with van der Waals surface area (Å²) >= 11 is 0. The molecule has 0 atom stereocenters. The van der Waals surface area contributed by atoms with E-state index in [2.05, 4.69) is 10.5 Å². The minimum absolute atomic E-state index is 0.161. The van der Waals surface area contributed by atoms with E-state index in [9.17, 15) is 9.59 Å². The quantitative estimate of drug-likeness (QED) is 0.211. The molecule has 0 saturated heterocycles. The number of esters is 1. The highest BCUT2D eigenvalue weighted by atomic mass is 16.6. The number of nitrogens with zero attached hydrogens (tertiary/aromatic N) is 1. The number of benzene rings is 3. The second-order valence-corrected chi connectivity index (χ2v) is 7.10. The van der Waals surface area contributed by atoms with E-state index in [0.29, 0.717) is 35.0 Å². The SMILES string of the molecule is CCOc1ccc(C(=O)Oc2ccc(/C=N/NC(=O)COc3ccccc3C)cc2OC)cc1. The Morgan fingerprint density at radius 3 is 2.41 bits per heavy atom. The molecule has 8 nitrogen and oxygen atoms in total. The van der Waals surface area contributed by atoms with Gasteiger partial charge in [0.1, 0.15) is 11.5 Å². The van der Waals surface area contributed by atoms with E-state index in [1.165, 1.54) is 13.3 Å². The van der Waals surface area contributed by atoms with Crippen molar-refractivity contribution in [1.29, 1.82) is 0 Å². The first-order chi connectivity index (χ1) is 16.5. The predicted octanol–water partition coefficient (Wildman–Crippen LogP) is 4.15. The highest BCUT2D eigenvalue weighted by Gasteiger charge is 2.13. The Morgan fingerprint density at radius 1 is 0.941 bits per heavy atom. The molecule has 0 saturated carbocycles. The third kappa shape index (κ3) is 6.83. The van der Waals surface area contributed by atoms with Crippen LogP contribution >= 0.6 is 0 Å². The summed E-state index contributed by atoms with van der Waals surface area (Å²) in [6, 6.07) is 19.0. The van der Waals surface area contributed by atoms with Gasteiger partial charge in [0.05, 0.1) is 25.5 Å². The van der Waals surface area contributed by atoms with Gasteiger partial charge in [-0.1, -0.05) is 18.2 Å². The van der Waals surface area contributed by atoms with Crippen LogP contribution in [0.5, 0.6) is 23.0 Å². The first-order valence-corrected chi connectivity index (χ1v) is 10.6. The van der Waals surface area contributed by atoms with Crippen LogP contribution in [0.15, 0.2) is 71.8 Å². The molecule has 0 spiro atoms. The predicted molar refractivity (Wildman–Crippen MR) is 128 cm³/mol. The largest absolute Gasteiger partial charge is 0.494 e. The van der Waals surface area contributed by atoms with Crippen LogP contribution in [0.2, 0.25) is 0 Å². The van der Waals surface area contributed by atoms with E-state index in [1.807, 2.05) is 32.0 Å². The van der Waals surface area contributed by atoms with Crippen molar-refractivity contribution in [2.45, 2.75) is 13.8 Å². The molecule has 3 aromatic carbocycles. The number of hydrazone groups is 1. The molecule has 0 aromatic heterocycles. The Morgan fingerprint density at radius 2 is 1.71 bits per heavy atom. The molecule has 1 N–H and O–H groups in total. The molecule has 3 aromatic rings. The van der Waals surface area contributed by atoms with Gasteiger partial charge in [-0.3, -0.25) is 4.79 Å². The number of carbonyl (C=O) groups is 2. The number of para-hydroxylation sites is 1. The Hall–Kier alpha value is -4.33. The molecule has 0 radical (unpaired) electrons. The van der Waals surface area contributed by atoms with Crippen molar-refractivity contribution in [3.8, 4) is 23.0 Å². The molecule has 3 rings (SSSR count). The summed E-state index contributed by atoms with van der Waals surface area (Å²) in [6.45, 7) is 4.17. The number of hydrogen-bond acceptors (Lipinski definition) is 7. The number of nitrogens with one attached hydrogen (secondary N) is 1. The Balaban J connectivity index is 1.56. The average molecular weight is 463 g/mol. The lowest BCUT2D eigenvalue weighted by Gasteiger charge is -2.10. The van der Waals surface area contributed by atoms with Crippen molar-refractivity contribution < 1.29 is 28.5 Å². The second kappa shape index (κ2) is 12.1. The van der Waals surface area contributed by atoms with Crippen molar-refractivity contribution >= 4 is 18.1 Å². The number of amides is 1. The molecule has 0 unspecified atom stereocenters. The van der Waals surface area contributed by atoms with E-state index in [1.54, 1.807) is 48.5 Å². The van der Waals surface area contributed by atoms with Gasteiger partial charge >= 0.3 is 5.97 Å². The van der Waals surface area contributed by atoms with Crippen LogP contribution in [-0.2, 0) is 4.79 Å². The van der Waals surface area contributed by atoms with Gasteiger partial charge < -0.3 is 18.9 Å². The molecule has 0 aliphatic rings. The van der Waals surface area contributed by atoms with Crippen LogP contribution in [0.4, 0.5) is 0 Å². The topological polar surface area (TPSA) is 95.5 Å². The minimum atomic E-state index is -0.524. The van der Waals surface area contributed by atoms with Crippen LogP contribution < -0.4 is 24.4 Å². The molecule has 34 heavy (non-hydrogen) atoms. The van der Waals surface area contributed by atoms with E-state index >= 15 is 0 Å². The van der Waals surface area contributed by atoms with Crippen LogP contribution in [-0.4, -0.2) is 38.4 Å². The monoisotopic (exact) mass is 462 g/mol. The standard InChI is InChI=1S/C26H26N2O6/c1-4-32-21-12-10-20(11-13-21)26(30)34-23-14-9-19(15-24(23)31-3)16-27-28-25(29)17-33-22-8-6-5-7-18(22)2/h5-16H,4,17H2,1-3H3,(H,28,29)/b27-16+. The molecular weight excluding hydrogens is 436 g/mol. The lowest BCUT2D eigenvalue weighted by molar-refractivity contribution is -0.123. The van der Waals surface area contributed by atoms with Gasteiger partial charge in [0.2, 0.25) is 0 Å². The van der Waals surface area contributed by atoms with Gasteiger partial charge in [0, 0.05) is 0 Å². The molecule has 0 aliphatic carbocycles. The summed E-state index contributed by atoms with van der Waals surface area (Å²) in [5.41, 5.74) is 4.37. The third-order valence-corrected chi connectivity index (χ3v) is 4.65. The maximum absolute atomic E-state index is 12.5. The summed E-state index contributed by atoms with van der Waals surface area (Å²) in [4.78, 5) is 24.4. The summed E-state index contributed by atoms with van der Waals surface area (Å²) in [5, 5.41) is 3.93. The van der Waals surface area contributed by atoms with E-state index in [0.717, 1.165) is 5.56 Å². The van der Waals surface area contributed by atoms with E-state index in [4.69, 9.17) is 18.9 Å². The van der Waals surface area contributed by atoms with Crippen molar-refractivity contribution in [3.63, 3.8) is 0 Å². The first kappa shape index (κ1) is 24.3. The smallest absolute Gasteiger partial charge is 0.343 e. The van der Waals surface area contributed by atoms with Gasteiger partial charge in [-0.2, -0.15) is 5.10 Å². The number of hydrogen-bond donors (Lipinski definition) is 1. The normalized spacial score (nSPS) is 10.6. The molecule has 0 fully saturated rings. The molecular formula is C26H26N2O6. The van der Waals surface area contributed by atoms with Crippen LogP contribution in [0.1, 0.15) is 28.4 Å². The van der Waals surface area contributed by atoms with Crippen LogP contribution in [0, 0.1) is 6.92 Å². The van der Waals surface area contributed by atoms with Crippen LogP contribution in [0.3, 0.4) is 0 Å². The van der Waals surface area contributed by atoms with E-state index < -0.39 is 11.9 Å². The van der Waals surface area contributed by atoms with Gasteiger partial charge in [-0.15, -0.1) is 0 Å². The van der Waals surface area contributed by atoms with Crippen LogP contribution in [0.25, 0.3) is 0 Å². The maximum Gasteiger partial charge on any atom is 0.343 e. The zero-order chi connectivity index (χ0) is 24.3. The van der Waals surface area contributed by atoms with Gasteiger partial charge in [0.25, 0.3) is 5.91 Å². The first-order valence-electron chi connectivity index (χ1n) is 10.6. The molecule has 176 valence electrons. The summed E-state index contributed by atoms with van der Waals surface area (Å²) in [7, 11) is 1.47. The van der Waals surface area contributed by atoms with Gasteiger partial charge in [0.15, 0.2) is 18.1 Å². The third-order valence-electron chi connectivity index (χ3n) is 4.65. The highest BCUT2D eigenvalue weighted by Crippen LogP contribution is 2.28. The number of aryl methyl sites for hydroxylation is 1. The zero-order valence-electron chi connectivity index (χ0n) is 19.2. The lowest BCUT2D eigenvalue weighted by Crippen LogP contribution is -2.24. The number of rotatable bonds is 10. The molecule has 0 bridgehead atoms. The molecule has 0 aliphatic heterocycles. The number of ether oxygens (including phenoxy) is 4. The second-order valence-electron chi connectivity index (χ2n) is 7.10. The van der Waals surface area contributed by atoms with Crippen molar-refractivity contribution in [2.24, 2.45) is 5.10 Å². The number of carbonyl (C=O) groups excluding carboxylic acids is 2. The van der Waals surface area contributed by atoms with Crippen molar-refractivity contribution in [2.75, 3.05) is 20.3 Å². The van der Waals surface area contributed by atoms with Crippen molar-refractivity contribution in [1.82, 2.24) is 5.43 Å². The lowest BCUT2D eigenvalue weighted by atomic mass is 10.2. The molecule has 8 heteroatoms. The summed E-state index contributed by atoms with van der Waals surface area (Å²) in [5.74, 6) is 0.999. The fraction of sp³-hybridized carbons (Fsp3) is 0.192. The average Bonchev–Trinajstić information content (AvgIpc) is 2.85. The Bertz CT molecular complexity index is 1160. The Labute approximate surface area is 198 Å². The fourth-order valence-electron chi connectivity index (χ4n) is 2.93. The van der Waals surface area contributed by atoms with Gasteiger partial charge in [-0.05, 0) is 73.5 Å². The molecule has 1 amide bonds. The summed E-state index contributed by atoms with van der Waals surface area (Å²) < 4.78 is 21.7. The number of methoxy groups -OCH3 is 1. The fourth-order valence-corrected chi connectivity index (χ4v) is 2.93. The highest BCUT2D eigenvalue weighted by molar-refractivity contribution is 5.92. The maximum atomic E-state index is 12.5. The van der Waals surface area contributed by atoms with Gasteiger partial charge in [-0.25, -0.2) is 10.2 Å². The van der Waals surface area contributed by atoms with E-state index in [-0.39, 0.29) is 12.4 Å². The minimum Gasteiger partial charge on any atom is -0.494 e. The summed E-state index contributed by atoms with van der Waals surface area (Å²) in [6.07, 6.45) is 1.45. The Kier molecular flexibility index (Phi) is 8.62. The zero-order valence-corrected chi connectivity index (χ0v) is 19.2. The molecule has 0 heterocycles.